The quantitative estimate of drug-likeness (QED) is 0.681. The lowest BCUT2D eigenvalue weighted by atomic mass is 10.1. The molecule has 1 amide bonds. The second-order valence-corrected chi connectivity index (χ2v) is 9.00. The van der Waals surface area contributed by atoms with Crippen LogP contribution in [-0.2, 0) is 22.5 Å². The van der Waals surface area contributed by atoms with Crippen molar-refractivity contribution in [2.24, 2.45) is 0 Å². The summed E-state index contributed by atoms with van der Waals surface area (Å²) in [4.78, 5) is 25.8. The van der Waals surface area contributed by atoms with Crippen LogP contribution in [0, 0.1) is 11.6 Å². The molecule has 0 aliphatic carbocycles. The Hall–Kier alpha value is -3.07. The number of amides is 1. The second-order valence-electron chi connectivity index (χ2n) is 9.00. The van der Waals surface area contributed by atoms with Gasteiger partial charge in [-0.3, -0.25) is 4.79 Å². The molecule has 0 spiro atoms. The van der Waals surface area contributed by atoms with Gasteiger partial charge in [-0.15, -0.1) is 0 Å². The van der Waals surface area contributed by atoms with Crippen LogP contribution in [-0.4, -0.2) is 59.7 Å². The Morgan fingerprint density at radius 2 is 1.97 bits per heavy atom. The van der Waals surface area contributed by atoms with Gasteiger partial charge >= 0.3 is 0 Å². The molecular weight excluding hydrogens is 442 g/mol. The first-order valence-corrected chi connectivity index (χ1v) is 11.8. The van der Waals surface area contributed by atoms with Crippen molar-refractivity contribution in [1.29, 1.82) is 0 Å². The predicted molar refractivity (Wildman–Crippen MR) is 122 cm³/mol. The van der Waals surface area contributed by atoms with E-state index in [-0.39, 0.29) is 17.8 Å². The Kier molecular flexibility index (Phi) is 6.45. The average molecular weight is 471 g/mol. The summed E-state index contributed by atoms with van der Waals surface area (Å²) in [5.74, 6) is -0.349. The molecule has 5 rings (SSSR count). The Morgan fingerprint density at radius 1 is 1.15 bits per heavy atom. The number of hydrogen-bond donors (Lipinski definition) is 0. The van der Waals surface area contributed by atoms with Crippen LogP contribution in [0.1, 0.15) is 43.3 Å². The lowest BCUT2D eigenvalue weighted by Gasteiger charge is -2.35. The van der Waals surface area contributed by atoms with Crippen molar-refractivity contribution in [3.63, 3.8) is 0 Å². The first kappa shape index (κ1) is 22.7. The van der Waals surface area contributed by atoms with Gasteiger partial charge < -0.3 is 19.3 Å². The fraction of sp³-hybridized carbons (Fsp3) is 0.480. The van der Waals surface area contributed by atoms with Crippen molar-refractivity contribution >= 4 is 17.8 Å². The highest BCUT2D eigenvalue weighted by Crippen LogP contribution is 2.30. The number of carbonyl (C=O) groups is 1. The third kappa shape index (κ3) is 4.89. The fourth-order valence-corrected chi connectivity index (χ4v) is 4.66. The number of rotatable bonds is 4. The molecule has 3 aliphatic heterocycles. The van der Waals surface area contributed by atoms with Crippen molar-refractivity contribution in [3.8, 4) is 5.75 Å². The van der Waals surface area contributed by atoms with Gasteiger partial charge in [-0.1, -0.05) is 0 Å². The highest BCUT2D eigenvalue weighted by Gasteiger charge is 2.28. The monoisotopic (exact) mass is 470 g/mol. The van der Waals surface area contributed by atoms with E-state index in [1.54, 1.807) is 11.8 Å². The molecule has 0 bridgehead atoms. The van der Waals surface area contributed by atoms with E-state index >= 15 is 0 Å². The van der Waals surface area contributed by atoms with E-state index in [9.17, 15) is 13.6 Å². The molecule has 0 saturated carbocycles. The van der Waals surface area contributed by atoms with Gasteiger partial charge in [-0.05, 0) is 30.2 Å². The SMILES string of the molecule is CC(=O)N1CCc2nc(N3CCC(Oc4ccc(F)cc4F)CC3)c(/C=C3/CCOC3)nc2C1. The Balaban J connectivity index is 1.35. The molecule has 180 valence electrons. The van der Waals surface area contributed by atoms with Gasteiger partial charge in [0.25, 0.3) is 0 Å². The van der Waals surface area contributed by atoms with Gasteiger partial charge in [0.05, 0.1) is 31.1 Å². The Morgan fingerprint density at radius 3 is 2.68 bits per heavy atom. The van der Waals surface area contributed by atoms with Gasteiger partial charge in [0.1, 0.15) is 17.6 Å². The van der Waals surface area contributed by atoms with Gasteiger partial charge in [0, 0.05) is 51.9 Å². The number of ether oxygens (including phenoxy) is 2. The van der Waals surface area contributed by atoms with E-state index < -0.39 is 11.6 Å². The largest absolute Gasteiger partial charge is 0.487 e. The number of halogens is 2. The standard InChI is InChI=1S/C25H28F2N4O3/c1-16(32)31-10-6-21-23(14-31)28-22(12-17-7-11-33-15-17)25(29-21)30-8-4-19(5-9-30)34-24-3-2-18(26)13-20(24)27/h2-3,12-13,19H,4-11,14-15H2,1H3/b17-12-. The maximum Gasteiger partial charge on any atom is 0.219 e. The molecule has 0 N–H and O–H groups in total. The van der Waals surface area contributed by atoms with Gasteiger partial charge in [0.15, 0.2) is 17.4 Å². The van der Waals surface area contributed by atoms with Crippen LogP contribution < -0.4 is 9.64 Å². The number of anilines is 1. The minimum absolute atomic E-state index is 0.0419. The number of fused-ring (bicyclic) bond motifs is 1. The van der Waals surface area contributed by atoms with E-state index in [1.165, 1.54) is 17.7 Å². The smallest absolute Gasteiger partial charge is 0.219 e. The Labute approximate surface area is 197 Å². The number of carbonyl (C=O) groups excluding carboxylic acids is 1. The molecule has 34 heavy (non-hydrogen) atoms. The lowest BCUT2D eigenvalue weighted by molar-refractivity contribution is -0.129. The van der Waals surface area contributed by atoms with Crippen LogP contribution >= 0.6 is 0 Å². The molecule has 0 unspecified atom stereocenters. The summed E-state index contributed by atoms with van der Waals surface area (Å²) in [5.41, 5.74) is 3.76. The summed E-state index contributed by atoms with van der Waals surface area (Å²) >= 11 is 0. The number of hydrogen-bond acceptors (Lipinski definition) is 6. The van der Waals surface area contributed by atoms with Crippen LogP contribution in [0.3, 0.4) is 0 Å². The first-order chi connectivity index (χ1) is 16.5. The van der Waals surface area contributed by atoms with Crippen LogP contribution in [0.25, 0.3) is 6.08 Å². The van der Waals surface area contributed by atoms with Crippen molar-refractivity contribution in [2.75, 3.05) is 37.7 Å². The molecule has 2 fully saturated rings. The molecule has 2 saturated heterocycles. The van der Waals surface area contributed by atoms with E-state index in [0.717, 1.165) is 35.4 Å². The van der Waals surface area contributed by atoms with E-state index in [2.05, 4.69) is 11.0 Å². The summed E-state index contributed by atoms with van der Waals surface area (Å²) in [5, 5.41) is 0. The Bertz CT molecular complexity index is 1110. The summed E-state index contributed by atoms with van der Waals surface area (Å²) in [6.07, 6.45) is 4.84. The normalized spacial score (nSPS) is 20.0. The van der Waals surface area contributed by atoms with Crippen LogP contribution in [0.5, 0.6) is 5.75 Å². The van der Waals surface area contributed by atoms with E-state index in [0.29, 0.717) is 58.7 Å². The minimum atomic E-state index is -0.685. The second kappa shape index (κ2) is 9.66. The zero-order valence-electron chi connectivity index (χ0n) is 19.2. The zero-order valence-corrected chi connectivity index (χ0v) is 19.2. The maximum atomic E-state index is 14.0. The summed E-state index contributed by atoms with van der Waals surface area (Å²) in [6.45, 7) is 5.38. The lowest BCUT2D eigenvalue weighted by Crippen LogP contribution is -2.40. The molecule has 3 aliphatic rings. The zero-order chi connectivity index (χ0) is 23.7. The number of aromatic nitrogens is 2. The highest BCUT2D eigenvalue weighted by molar-refractivity contribution is 5.73. The maximum absolute atomic E-state index is 14.0. The third-order valence-corrected chi connectivity index (χ3v) is 6.59. The summed E-state index contributed by atoms with van der Waals surface area (Å²) < 4.78 is 38.5. The van der Waals surface area contributed by atoms with Crippen molar-refractivity contribution in [2.45, 2.75) is 45.3 Å². The number of nitrogens with zero attached hydrogens (tertiary/aromatic N) is 4. The highest BCUT2D eigenvalue weighted by atomic mass is 19.1. The number of benzene rings is 1. The third-order valence-electron chi connectivity index (χ3n) is 6.59. The predicted octanol–water partition coefficient (Wildman–Crippen LogP) is 3.51. The summed E-state index contributed by atoms with van der Waals surface area (Å²) in [7, 11) is 0. The van der Waals surface area contributed by atoms with Gasteiger partial charge in [-0.2, -0.15) is 0 Å². The molecule has 0 radical (unpaired) electrons. The summed E-state index contributed by atoms with van der Waals surface area (Å²) in [6, 6.07) is 3.38. The van der Waals surface area contributed by atoms with Crippen molar-refractivity contribution < 1.29 is 23.0 Å². The first-order valence-electron chi connectivity index (χ1n) is 11.8. The molecule has 4 heterocycles. The number of piperidine rings is 1. The molecular formula is C25H28F2N4O3. The van der Waals surface area contributed by atoms with Crippen molar-refractivity contribution in [3.05, 3.63) is 52.5 Å². The van der Waals surface area contributed by atoms with Crippen LogP contribution in [0.2, 0.25) is 0 Å². The van der Waals surface area contributed by atoms with Crippen LogP contribution in [0.4, 0.5) is 14.6 Å². The molecule has 2 aromatic rings. The van der Waals surface area contributed by atoms with Crippen molar-refractivity contribution in [1.82, 2.24) is 14.9 Å². The average Bonchev–Trinajstić information content (AvgIpc) is 3.34. The molecule has 0 atom stereocenters. The fourth-order valence-electron chi connectivity index (χ4n) is 4.66. The van der Waals surface area contributed by atoms with E-state index in [1.807, 2.05) is 0 Å². The minimum Gasteiger partial charge on any atom is -0.487 e. The molecule has 9 heteroatoms. The molecule has 1 aromatic carbocycles. The van der Waals surface area contributed by atoms with Gasteiger partial charge in [0.2, 0.25) is 5.91 Å². The topological polar surface area (TPSA) is 67.8 Å². The van der Waals surface area contributed by atoms with Gasteiger partial charge in [-0.25, -0.2) is 18.7 Å². The van der Waals surface area contributed by atoms with Crippen LogP contribution in [0.15, 0.2) is 23.8 Å². The molecule has 1 aromatic heterocycles. The van der Waals surface area contributed by atoms with E-state index in [4.69, 9.17) is 19.4 Å². The molecule has 7 nitrogen and oxygen atoms in total.